The molecule has 0 aliphatic rings. The van der Waals surface area contributed by atoms with Crippen molar-refractivity contribution in [3.05, 3.63) is 51.9 Å². The third kappa shape index (κ3) is 3.37. The second-order valence-corrected chi connectivity index (χ2v) is 5.40. The second kappa shape index (κ2) is 5.77. The van der Waals surface area contributed by atoms with Crippen LogP contribution in [0, 0.1) is 5.82 Å². The predicted octanol–water partition coefficient (Wildman–Crippen LogP) is 4.38. The lowest BCUT2D eigenvalue weighted by atomic mass is 10.2. The summed E-state index contributed by atoms with van der Waals surface area (Å²) < 4.78 is 13.2. The zero-order valence-corrected chi connectivity index (χ0v) is 11.6. The first-order chi connectivity index (χ1) is 8.97. The molecule has 1 N–H and O–H groups in total. The Hall–Kier alpha value is -1.30. The molecule has 0 aliphatic carbocycles. The monoisotopic (exact) mass is 317 g/mol. The van der Waals surface area contributed by atoms with Crippen LogP contribution in [0.4, 0.5) is 4.39 Å². The molecule has 98 valence electrons. The van der Waals surface area contributed by atoms with Gasteiger partial charge >= 0.3 is 5.97 Å². The van der Waals surface area contributed by atoms with Gasteiger partial charge in [0.1, 0.15) is 10.8 Å². The standard InChI is InChI=1S/C12H6Cl2FNO2S/c13-6-3-9(14)11(16-5-6)19-7-1-2-10(15)8(4-7)12(17)18/h1-5H,(H,17,18). The maximum Gasteiger partial charge on any atom is 0.338 e. The van der Waals surface area contributed by atoms with Gasteiger partial charge in [0, 0.05) is 11.1 Å². The Kier molecular flexibility index (Phi) is 4.29. The lowest BCUT2D eigenvalue weighted by Crippen LogP contribution is -2.00. The van der Waals surface area contributed by atoms with Gasteiger partial charge in [-0.05, 0) is 24.3 Å². The molecule has 1 aromatic heterocycles. The summed E-state index contributed by atoms with van der Waals surface area (Å²) in [4.78, 5) is 15.4. The highest BCUT2D eigenvalue weighted by Crippen LogP contribution is 2.33. The molecule has 3 nitrogen and oxygen atoms in total. The molecule has 2 rings (SSSR count). The number of pyridine rings is 1. The van der Waals surface area contributed by atoms with E-state index in [0.29, 0.717) is 20.0 Å². The van der Waals surface area contributed by atoms with Crippen LogP contribution in [0.1, 0.15) is 10.4 Å². The number of hydrogen-bond acceptors (Lipinski definition) is 3. The molecule has 0 fully saturated rings. The molecular weight excluding hydrogens is 312 g/mol. The fraction of sp³-hybridized carbons (Fsp3) is 0. The molecule has 1 heterocycles. The molecule has 0 bridgehead atoms. The molecule has 0 aliphatic heterocycles. The minimum atomic E-state index is -1.32. The van der Waals surface area contributed by atoms with E-state index in [1.807, 2.05) is 0 Å². The van der Waals surface area contributed by atoms with Gasteiger partial charge in [-0.25, -0.2) is 14.2 Å². The largest absolute Gasteiger partial charge is 0.478 e. The van der Waals surface area contributed by atoms with Crippen molar-refractivity contribution >= 4 is 40.9 Å². The zero-order valence-electron chi connectivity index (χ0n) is 9.23. The second-order valence-electron chi connectivity index (χ2n) is 3.49. The third-order valence-electron chi connectivity index (χ3n) is 2.16. The number of carboxylic acids is 1. The summed E-state index contributed by atoms with van der Waals surface area (Å²) in [6.07, 6.45) is 1.43. The summed E-state index contributed by atoms with van der Waals surface area (Å²) in [5.74, 6) is -2.11. The predicted molar refractivity (Wildman–Crippen MR) is 71.7 cm³/mol. The van der Waals surface area contributed by atoms with E-state index in [1.54, 1.807) is 0 Å². The average Bonchev–Trinajstić information content (AvgIpc) is 2.34. The first-order valence-corrected chi connectivity index (χ1v) is 6.56. The van der Waals surface area contributed by atoms with E-state index >= 15 is 0 Å². The van der Waals surface area contributed by atoms with Gasteiger partial charge in [0.15, 0.2) is 0 Å². The van der Waals surface area contributed by atoms with Crippen LogP contribution in [-0.2, 0) is 0 Å². The number of aromatic nitrogens is 1. The van der Waals surface area contributed by atoms with Crippen LogP contribution in [0.2, 0.25) is 10.0 Å². The lowest BCUT2D eigenvalue weighted by molar-refractivity contribution is 0.0691. The third-order valence-corrected chi connectivity index (χ3v) is 3.77. The summed E-state index contributed by atoms with van der Waals surface area (Å²) in [5.41, 5.74) is -0.393. The fourth-order valence-corrected chi connectivity index (χ4v) is 2.61. The van der Waals surface area contributed by atoms with Crippen molar-refractivity contribution in [3.8, 4) is 0 Å². The highest BCUT2D eigenvalue weighted by atomic mass is 35.5. The van der Waals surface area contributed by atoms with Crippen molar-refractivity contribution in [2.75, 3.05) is 0 Å². The SMILES string of the molecule is O=C(O)c1cc(Sc2ncc(Cl)cc2Cl)ccc1F. The quantitative estimate of drug-likeness (QED) is 0.912. The van der Waals surface area contributed by atoms with Crippen LogP contribution >= 0.6 is 35.0 Å². The zero-order chi connectivity index (χ0) is 14.0. The van der Waals surface area contributed by atoms with E-state index in [1.165, 1.54) is 24.4 Å². The molecular formula is C12H6Cl2FNO2S. The van der Waals surface area contributed by atoms with Crippen LogP contribution in [0.15, 0.2) is 40.4 Å². The Morgan fingerprint density at radius 3 is 2.68 bits per heavy atom. The van der Waals surface area contributed by atoms with Crippen LogP contribution in [0.25, 0.3) is 0 Å². The first-order valence-electron chi connectivity index (χ1n) is 4.99. The van der Waals surface area contributed by atoms with Gasteiger partial charge in [-0.3, -0.25) is 0 Å². The lowest BCUT2D eigenvalue weighted by Gasteiger charge is -2.05. The summed E-state index contributed by atoms with van der Waals surface area (Å²) in [6.45, 7) is 0. The highest BCUT2D eigenvalue weighted by molar-refractivity contribution is 7.99. The first kappa shape index (κ1) is 14.1. The smallest absolute Gasteiger partial charge is 0.338 e. The number of carboxylic acid groups (broad SMARTS) is 1. The van der Waals surface area contributed by atoms with Gasteiger partial charge in [-0.1, -0.05) is 35.0 Å². The molecule has 0 radical (unpaired) electrons. The minimum absolute atomic E-state index is 0.346. The Morgan fingerprint density at radius 1 is 1.32 bits per heavy atom. The van der Waals surface area contributed by atoms with Crippen LogP contribution in [0.3, 0.4) is 0 Å². The van der Waals surface area contributed by atoms with Gasteiger partial charge in [0.05, 0.1) is 15.6 Å². The minimum Gasteiger partial charge on any atom is -0.478 e. The Balaban J connectivity index is 2.33. The van der Waals surface area contributed by atoms with Gasteiger partial charge < -0.3 is 5.11 Å². The number of nitrogens with zero attached hydrogens (tertiary/aromatic N) is 1. The van der Waals surface area contributed by atoms with E-state index in [4.69, 9.17) is 28.3 Å². The molecule has 7 heteroatoms. The van der Waals surface area contributed by atoms with E-state index in [2.05, 4.69) is 4.98 Å². The maximum absolute atomic E-state index is 13.2. The Bertz CT molecular complexity index is 652. The number of benzene rings is 1. The summed E-state index contributed by atoms with van der Waals surface area (Å²) in [5, 5.41) is 10.1. The topological polar surface area (TPSA) is 50.2 Å². The number of rotatable bonds is 3. The molecule has 0 amide bonds. The average molecular weight is 318 g/mol. The van der Waals surface area contributed by atoms with Crippen molar-refractivity contribution in [1.29, 1.82) is 0 Å². The van der Waals surface area contributed by atoms with E-state index in [-0.39, 0.29) is 0 Å². The highest BCUT2D eigenvalue weighted by Gasteiger charge is 2.12. The van der Waals surface area contributed by atoms with Crippen molar-refractivity contribution in [3.63, 3.8) is 0 Å². The molecule has 19 heavy (non-hydrogen) atoms. The van der Waals surface area contributed by atoms with E-state index in [9.17, 15) is 9.18 Å². The molecule has 0 saturated heterocycles. The van der Waals surface area contributed by atoms with E-state index < -0.39 is 17.3 Å². The fourth-order valence-electron chi connectivity index (χ4n) is 1.32. The van der Waals surface area contributed by atoms with Crippen molar-refractivity contribution in [2.45, 2.75) is 9.92 Å². The molecule has 0 atom stereocenters. The maximum atomic E-state index is 13.2. The van der Waals surface area contributed by atoms with Crippen molar-refractivity contribution < 1.29 is 14.3 Å². The molecule has 0 unspecified atom stereocenters. The Morgan fingerprint density at radius 2 is 2.05 bits per heavy atom. The molecule has 0 saturated carbocycles. The van der Waals surface area contributed by atoms with Gasteiger partial charge in [-0.15, -0.1) is 0 Å². The van der Waals surface area contributed by atoms with Crippen LogP contribution in [0.5, 0.6) is 0 Å². The van der Waals surface area contributed by atoms with Crippen molar-refractivity contribution in [1.82, 2.24) is 4.98 Å². The van der Waals surface area contributed by atoms with E-state index in [0.717, 1.165) is 17.8 Å². The molecule has 0 spiro atoms. The number of aromatic carboxylic acids is 1. The number of carbonyl (C=O) groups is 1. The Labute approximate surface area is 122 Å². The molecule has 1 aromatic carbocycles. The summed E-state index contributed by atoms with van der Waals surface area (Å²) >= 11 is 12.8. The van der Waals surface area contributed by atoms with Gasteiger partial charge in [-0.2, -0.15) is 0 Å². The number of halogens is 3. The van der Waals surface area contributed by atoms with Crippen molar-refractivity contribution in [2.24, 2.45) is 0 Å². The molecule has 2 aromatic rings. The summed E-state index contributed by atoms with van der Waals surface area (Å²) in [7, 11) is 0. The number of hydrogen-bond donors (Lipinski definition) is 1. The van der Waals surface area contributed by atoms with Gasteiger partial charge in [0.25, 0.3) is 0 Å². The summed E-state index contributed by atoms with van der Waals surface area (Å²) in [6, 6.07) is 5.31. The van der Waals surface area contributed by atoms with Crippen LogP contribution in [-0.4, -0.2) is 16.1 Å². The van der Waals surface area contributed by atoms with Crippen LogP contribution < -0.4 is 0 Å². The normalized spacial score (nSPS) is 10.5. The van der Waals surface area contributed by atoms with Gasteiger partial charge in [0.2, 0.25) is 0 Å².